The summed E-state index contributed by atoms with van der Waals surface area (Å²) in [6.45, 7) is 2.86. The molecule has 1 saturated heterocycles. The maximum Gasteiger partial charge on any atom is 0.210 e. The molecule has 0 aromatic heterocycles. The fraction of sp³-hybridized carbons (Fsp3) is 0.857. The second kappa shape index (κ2) is 1.95. The number of piperazine rings is 1. The predicted octanol–water partition coefficient (Wildman–Crippen LogP) is -0.419. The van der Waals surface area contributed by atoms with E-state index in [4.69, 9.17) is 0 Å². The van der Waals surface area contributed by atoms with Gasteiger partial charge in [-0.2, -0.15) is 0 Å². The van der Waals surface area contributed by atoms with Crippen molar-refractivity contribution in [3.05, 3.63) is 0 Å². The van der Waals surface area contributed by atoms with Crippen LogP contribution in [0.4, 0.5) is 0 Å². The van der Waals surface area contributed by atoms with Gasteiger partial charge in [-0.1, -0.05) is 0 Å². The highest BCUT2D eigenvalue weighted by atomic mass is 16.1. The van der Waals surface area contributed by atoms with Crippen molar-refractivity contribution in [2.75, 3.05) is 19.6 Å². The number of nitrogens with one attached hydrogen (secondary N) is 1. The van der Waals surface area contributed by atoms with Gasteiger partial charge in [0.25, 0.3) is 0 Å². The van der Waals surface area contributed by atoms with E-state index >= 15 is 0 Å². The first-order valence-electron chi connectivity index (χ1n) is 3.80. The van der Waals surface area contributed by atoms with Crippen molar-refractivity contribution in [3.8, 4) is 0 Å². The molecule has 0 aromatic rings. The average Bonchev–Trinajstić information content (AvgIpc) is 2.71. The zero-order valence-electron chi connectivity index (χ0n) is 5.97. The van der Waals surface area contributed by atoms with Crippen molar-refractivity contribution >= 4 is 6.41 Å². The summed E-state index contributed by atoms with van der Waals surface area (Å²) < 4.78 is 0. The van der Waals surface area contributed by atoms with Gasteiger partial charge < -0.3 is 10.2 Å². The van der Waals surface area contributed by atoms with E-state index in [9.17, 15) is 4.79 Å². The van der Waals surface area contributed by atoms with Crippen LogP contribution in [0.1, 0.15) is 12.8 Å². The molecule has 0 unspecified atom stereocenters. The van der Waals surface area contributed by atoms with Crippen molar-refractivity contribution in [1.29, 1.82) is 0 Å². The van der Waals surface area contributed by atoms with Gasteiger partial charge in [-0.05, 0) is 12.8 Å². The van der Waals surface area contributed by atoms with Crippen molar-refractivity contribution in [1.82, 2.24) is 10.2 Å². The Kier molecular flexibility index (Phi) is 1.20. The number of hydrogen-bond donors (Lipinski definition) is 1. The van der Waals surface area contributed by atoms with Crippen molar-refractivity contribution in [2.45, 2.75) is 18.4 Å². The first kappa shape index (κ1) is 6.16. The Labute approximate surface area is 60.4 Å². The molecular formula is C7H12N2O. The summed E-state index contributed by atoms with van der Waals surface area (Å²) in [6.07, 6.45) is 3.38. The molecular weight excluding hydrogens is 128 g/mol. The van der Waals surface area contributed by atoms with Gasteiger partial charge in [0.15, 0.2) is 0 Å². The van der Waals surface area contributed by atoms with Crippen molar-refractivity contribution < 1.29 is 4.79 Å². The molecule has 3 nitrogen and oxygen atoms in total. The fourth-order valence-corrected chi connectivity index (χ4v) is 1.63. The first-order chi connectivity index (χ1) is 4.87. The normalized spacial score (nSPS) is 28.6. The Hall–Kier alpha value is -0.570. The molecule has 1 amide bonds. The Morgan fingerprint density at radius 3 is 2.80 bits per heavy atom. The van der Waals surface area contributed by atoms with Crippen LogP contribution in [-0.2, 0) is 4.79 Å². The summed E-state index contributed by atoms with van der Waals surface area (Å²) in [4.78, 5) is 12.5. The third kappa shape index (κ3) is 0.736. The van der Waals surface area contributed by atoms with Crippen LogP contribution in [0.2, 0.25) is 0 Å². The van der Waals surface area contributed by atoms with Crippen LogP contribution in [0.25, 0.3) is 0 Å². The molecule has 2 aliphatic rings. The van der Waals surface area contributed by atoms with Crippen LogP contribution in [0.3, 0.4) is 0 Å². The van der Waals surface area contributed by atoms with E-state index < -0.39 is 0 Å². The van der Waals surface area contributed by atoms with Crippen LogP contribution < -0.4 is 5.32 Å². The Bertz CT molecular complexity index is 154. The molecule has 1 spiro atoms. The minimum Gasteiger partial charge on any atom is -0.337 e. The molecule has 0 bridgehead atoms. The number of carbonyl (C=O) groups is 1. The summed E-state index contributed by atoms with van der Waals surface area (Å²) in [6, 6.07) is 0. The highest BCUT2D eigenvalue weighted by Gasteiger charge is 2.48. The van der Waals surface area contributed by atoms with Crippen LogP contribution in [0, 0.1) is 0 Å². The van der Waals surface area contributed by atoms with Gasteiger partial charge in [0.05, 0.1) is 5.54 Å². The summed E-state index contributed by atoms with van der Waals surface area (Å²) in [5, 5.41) is 3.30. The lowest BCUT2D eigenvalue weighted by Crippen LogP contribution is -2.52. The van der Waals surface area contributed by atoms with Gasteiger partial charge in [-0.15, -0.1) is 0 Å². The van der Waals surface area contributed by atoms with Gasteiger partial charge in [-0.3, -0.25) is 4.79 Å². The molecule has 1 aliphatic carbocycles. The van der Waals surface area contributed by atoms with Gasteiger partial charge >= 0.3 is 0 Å². The molecule has 1 aliphatic heterocycles. The van der Waals surface area contributed by atoms with E-state index in [1.807, 2.05) is 4.90 Å². The lowest BCUT2D eigenvalue weighted by atomic mass is 10.2. The lowest BCUT2D eigenvalue weighted by molar-refractivity contribution is -0.121. The van der Waals surface area contributed by atoms with Gasteiger partial charge in [0.1, 0.15) is 0 Å². The zero-order valence-corrected chi connectivity index (χ0v) is 5.97. The molecule has 1 N–H and O–H groups in total. The minimum absolute atomic E-state index is 0.250. The van der Waals surface area contributed by atoms with Crippen LogP contribution in [0.15, 0.2) is 0 Å². The molecule has 0 radical (unpaired) electrons. The quantitative estimate of drug-likeness (QED) is 0.502. The van der Waals surface area contributed by atoms with E-state index in [1.165, 1.54) is 12.8 Å². The lowest BCUT2D eigenvalue weighted by Gasteiger charge is -2.33. The summed E-state index contributed by atoms with van der Waals surface area (Å²) in [5.74, 6) is 0. The number of amides is 1. The zero-order chi connectivity index (χ0) is 7.03. The molecule has 0 atom stereocenters. The van der Waals surface area contributed by atoms with Crippen molar-refractivity contribution in [2.24, 2.45) is 0 Å². The Morgan fingerprint density at radius 2 is 2.30 bits per heavy atom. The summed E-state index contributed by atoms with van der Waals surface area (Å²) in [5.41, 5.74) is 0.250. The molecule has 10 heavy (non-hydrogen) atoms. The largest absolute Gasteiger partial charge is 0.337 e. The van der Waals surface area contributed by atoms with E-state index in [0.717, 1.165) is 26.0 Å². The Morgan fingerprint density at radius 1 is 1.50 bits per heavy atom. The van der Waals surface area contributed by atoms with E-state index in [1.54, 1.807) is 0 Å². The van der Waals surface area contributed by atoms with E-state index in [2.05, 4.69) is 5.32 Å². The third-order valence-corrected chi connectivity index (χ3v) is 2.55. The number of hydrogen-bond acceptors (Lipinski definition) is 2. The van der Waals surface area contributed by atoms with Crippen LogP contribution >= 0.6 is 0 Å². The fourth-order valence-electron chi connectivity index (χ4n) is 1.63. The van der Waals surface area contributed by atoms with Crippen LogP contribution in [-0.4, -0.2) is 36.5 Å². The minimum atomic E-state index is 0.250. The molecule has 56 valence electrons. The van der Waals surface area contributed by atoms with Crippen LogP contribution in [0.5, 0.6) is 0 Å². The monoisotopic (exact) mass is 140 g/mol. The summed E-state index contributed by atoms with van der Waals surface area (Å²) in [7, 11) is 0. The van der Waals surface area contributed by atoms with Crippen molar-refractivity contribution in [3.63, 3.8) is 0 Å². The van der Waals surface area contributed by atoms with E-state index in [-0.39, 0.29) is 5.54 Å². The molecule has 1 heterocycles. The van der Waals surface area contributed by atoms with Gasteiger partial charge in [0.2, 0.25) is 6.41 Å². The molecule has 1 saturated carbocycles. The smallest absolute Gasteiger partial charge is 0.210 e. The molecule has 2 fully saturated rings. The summed E-state index contributed by atoms with van der Waals surface area (Å²) >= 11 is 0. The molecule has 2 rings (SSSR count). The number of nitrogens with zero attached hydrogens (tertiary/aromatic N) is 1. The highest BCUT2D eigenvalue weighted by molar-refractivity contribution is 5.51. The Balaban J connectivity index is 2.07. The SMILES string of the molecule is O=CN1CCNCC12CC2. The van der Waals surface area contributed by atoms with Gasteiger partial charge in [-0.25, -0.2) is 0 Å². The maximum absolute atomic E-state index is 10.5. The van der Waals surface area contributed by atoms with Gasteiger partial charge in [0, 0.05) is 19.6 Å². The predicted molar refractivity (Wildman–Crippen MR) is 37.6 cm³/mol. The first-order valence-corrected chi connectivity index (χ1v) is 3.80. The second-order valence-corrected chi connectivity index (χ2v) is 3.20. The number of carbonyl (C=O) groups excluding carboxylic acids is 1. The maximum atomic E-state index is 10.5. The molecule has 0 aromatic carbocycles. The average molecular weight is 140 g/mol. The van der Waals surface area contributed by atoms with E-state index in [0.29, 0.717) is 0 Å². The highest BCUT2D eigenvalue weighted by Crippen LogP contribution is 2.41. The molecule has 3 heteroatoms. The third-order valence-electron chi connectivity index (χ3n) is 2.55. The number of rotatable bonds is 1. The second-order valence-electron chi connectivity index (χ2n) is 3.20. The standard InChI is InChI=1S/C7H12N2O/c10-6-9-4-3-8-5-7(9)1-2-7/h6,8H,1-5H2. The topological polar surface area (TPSA) is 32.3 Å².